The summed E-state index contributed by atoms with van der Waals surface area (Å²) in [5, 5.41) is 0. The van der Waals surface area contributed by atoms with Crippen LogP contribution in [0.15, 0.2) is 16.6 Å². The Morgan fingerprint density at radius 3 is 2.56 bits per heavy atom. The Morgan fingerprint density at radius 1 is 1.38 bits per heavy atom. The number of halogens is 3. The molecule has 0 saturated carbocycles. The van der Waals surface area contributed by atoms with Crippen LogP contribution in [0.25, 0.3) is 0 Å². The minimum absolute atomic E-state index is 0.0902. The quantitative estimate of drug-likeness (QED) is 0.811. The van der Waals surface area contributed by atoms with E-state index in [-0.39, 0.29) is 5.56 Å². The Morgan fingerprint density at radius 2 is 2.06 bits per heavy atom. The third kappa shape index (κ3) is 3.07. The molecule has 0 heterocycles. The van der Waals surface area contributed by atoms with Crippen LogP contribution in [0.1, 0.15) is 25.3 Å². The summed E-state index contributed by atoms with van der Waals surface area (Å²) in [5.41, 5.74) is -0.0902. The van der Waals surface area contributed by atoms with E-state index in [9.17, 15) is 8.78 Å². The Hall–Kier alpha value is -0.840. The van der Waals surface area contributed by atoms with Crippen molar-refractivity contribution in [1.29, 1.82) is 0 Å². The van der Waals surface area contributed by atoms with Crippen molar-refractivity contribution in [3.63, 3.8) is 0 Å². The maximum Gasteiger partial charge on any atom is 0.264 e. The monoisotopic (exact) mass is 294 g/mol. The fourth-order valence-electron chi connectivity index (χ4n) is 1.21. The molecule has 0 unspecified atom stereocenters. The van der Waals surface area contributed by atoms with Gasteiger partial charge in [0.2, 0.25) is 0 Å². The van der Waals surface area contributed by atoms with E-state index in [0.717, 1.165) is 6.42 Å². The molecule has 1 rings (SSSR count). The zero-order valence-corrected chi connectivity index (χ0v) is 10.7. The highest BCUT2D eigenvalue weighted by molar-refractivity contribution is 9.10. The summed E-state index contributed by atoms with van der Waals surface area (Å²) in [5.74, 6) is 0.784. The normalized spacial score (nSPS) is 10.6. The number of benzene rings is 1. The van der Waals surface area contributed by atoms with Crippen molar-refractivity contribution in [2.45, 2.75) is 19.8 Å². The first-order chi connectivity index (χ1) is 7.60. The largest absolute Gasteiger partial charge is 0.493 e. The Kier molecular flexibility index (Phi) is 4.99. The van der Waals surface area contributed by atoms with Gasteiger partial charge in [-0.25, -0.2) is 8.78 Å². The zero-order chi connectivity index (χ0) is 12.1. The summed E-state index contributed by atoms with van der Waals surface area (Å²) < 4.78 is 36.0. The van der Waals surface area contributed by atoms with Gasteiger partial charge in [-0.15, -0.1) is 0 Å². The molecule has 5 heteroatoms. The molecule has 0 aromatic heterocycles. The molecule has 0 atom stereocenters. The van der Waals surface area contributed by atoms with Gasteiger partial charge in [0.25, 0.3) is 6.43 Å². The van der Waals surface area contributed by atoms with Gasteiger partial charge in [-0.05, 0) is 34.5 Å². The third-order valence-electron chi connectivity index (χ3n) is 1.95. The van der Waals surface area contributed by atoms with Gasteiger partial charge in [0.15, 0.2) is 11.5 Å². The molecule has 0 aliphatic carbocycles. The predicted molar refractivity (Wildman–Crippen MR) is 61.4 cm³/mol. The fourth-order valence-corrected chi connectivity index (χ4v) is 1.78. The van der Waals surface area contributed by atoms with E-state index in [1.54, 1.807) is 0 Å². The van der Waals surface area contributed by atoms with Crippen molar-refractivity contribution in [2.24, 2.45) is 0 Å². The van der Waals surface area contributed by atoms with Gasteiger partial charge in [-0.2, -0.15) is 0 Å². The van der Waals surface area contributed by atoms with Crippen molar-refractivity contribution in [1.82, 2.24) is 0 Å². The summed E-state index contributed by atoms with van der Waals surface area (Å²) >= 11 is 3.20. The van der Waals surface area contributed by atoms with E-state index in [1.807, 2.05) is 6.92 Å². The lowest BCUT2D eigenvalue weighted by Gasteiger charge is -2.13. The molecule has 0 aliphatic rings. The molecular formula is C11H13BrF2O2. The molecule has 0 aliphatic heterocycles. The van der Waals surface area contributed by atoms with Gasteiger partial charge in [-0.1, -0.05) is 6.92 Å². The van der Waals surface area contributed by atoms with Crippen molar-refractivity contribution in [3.05, 3.63) is 22.2 Å². The second kappa shape index (κ2) is 6.03. The zero-order valence-electron chi connectivity index (χ0n) is 9.10. The van der Waals surface area contributed by atoms with Crippen LogP contribution < -0.4 is 9.47 Å². The Balaban J connectivity index is 3.07. The molecule has 0 amide bonds. The predicted octanol–water partition coefficient (Wildman–Crippen LogP) is 4.18. The molecule has 1 aromatic carbocycles. The van der Waals surface area contributed by atoms with E-state index >= 15 is 0 Å². The average Bonchev–Trinajstić information content (AvgIpc) is 2.26. The maximum atomic E-state index is 12.5. The fraction of sp³-hybridized carbons (Fsp3) is 0.455. The molecule has 0 bridgehead atoms. The third-order valence-corrected chi connectivity index (χ3v) is 2.54. The minimum atomic E-state index is -2.52. The lowest BCUT2D eigenvalue weighted by Crippen LogP contribution is -2.00. The summed E-state index contributed by atoms with van der Waals surface area (Å²) in [6.45, 7) is 2.48. The van der Waals surface area contributed by atoms with Crippen molar-refractivity contribution < 1.29 is 18.3 Å². The van der Waals surface area contributed by atoms with Crippen LogP contribution >= 0.6 is 15.9 Å². The molecule has 0 N–H and O–H groups in total. The van der Waals surface area contributed by atoms with Crippen molar-refractivity contribution in [3.8, 4) is 11.5 Å². The molecule has 0 spiro atoms. The van der Waals surface area contributed by atoms with Crippen LogP contribution in [0.4, 0.5) is 8.78 Å². The molecule has 90 valence electrons. The number of hydrogen-bond acceptors (Lipinski definition) is 2. The van der Waals surface area contributed by atoms with Crippen LogP contribution in [-0.4, -0.2) is 13.7 Å². The molecule has 2 nitrogen and oxygen atoms in total. The standard InChI is InChI=1S/C11H13BrF2O2/c1-3-4-16-10-8(12)5-7(11(13)14)6-9(10)15-2/h5-6,11H,3-4H2,1-2H3. The van der Waals surface area contributed by atoms with Gasteiger partial charge in [0.1, 0.15) is 0 Å². The van der Waals surface area contributed by atoms with Crippen molar-refractivity contribution >= 4 is 15.9 Å². The Labute approximate surface area is 102 Å². The van der Waals surface area contributed by atoms with E-state index in [0.29, 0.717) is 22.6 Å². The van der Waals surface area contributed by atoms with E-state index in [4.69, 9.17) is 9.47 Å². The van der Waals surface area contributed by atoms with Crippen LogP contribution in [0, 0.1) is 0 Å². The highest BCUT2D eigenvalue weighted by Gasteiger charge is 2.16. The number of methoxy groups -OCH3 is 1. The van der Waals surface area contributed by atoms with Gasteiger partial charge < -0.3 is 9.47 Å². The van der Waals surface area contributed by atoms with Gasteiger partial charge in [0.05, 0.1) is 18.2 Å². The van der Waals surface area contributed by atoms with E-state index in [2.05, 4.69) is 15.9 Å². The van der Waals surface area contributed by atoms with Crippen LogP contribution in [0.5, 0.6) is 11.5 Å². The Bertz CT molecular complexity index is 356. The SMILES string of the molecule is CCCOc1c(Br)cc(C(F)F)cc1OC. The highest BCUT2D eigenvalue weighted by Crippen LogP contribution is 2.39. The lowest BCUT2D eigenvalue weighted by atomic mass is 10.2. The molecule has 0 saturated heterocycles. The summed E-state index contributed by atoms with van der Waals surface area (Å²) in [6.07, 6.45) is -1.68. The second-order valence-corrected chi connectivity index (χ2v) is 4.04. The van der Waals surface area contributed by atoms with Crippen LogP contribution in [0.2, 0.25) is 0 Å². The number of hydrogen-bond donors (Lipinski definition) is 0. The maximum absolute atomic E-state index is 12.5. The summed E-state index contributed by atoms with van der Waals surface area (Å²) in [4.78, 5) is 0. The summed E-state index contributed by atoms with van der Waals surface area (Å²) in [7, 11) is 1.43. The second-order valence-electron chi connectivity index (χ2n) is 3.18. The number of ether oxygens (including phenoxy) is 2. The summed E-state index contributed by atoms with van der Waals surface area (Å²) in [6, 6.07) is 2.64. The molecule has 0 fully saturated rings. The molecule has 1 aromatic rings. The highest BCUT2D eigenvalue weighted by atomic mass is 79.9. The molecular weight excluding hydrogens is 282 g/mol. The van der Waals surface area contributed by atoms with Gasteiger partial charge >= 0.3 is 0 Å². The number of rotatable bonds is 5. The van der Waals surface area contributed by atoms with Crippen LogP contribution in [-0.2, 0) is 0 Å². The smallest absolute Gasteiger partial charge is 0.264 e. The topological polar surface area (TPSA) is 18.5 Å². The van der Waals surface area contributed by atoms with Gasteiger partial charge in [-0.3, -0.25) is 0 Å². The van der Waals surface area contributed by atoms with Crippen LogP contribution in [0.3, 0.4) is 0 Å². The van der Waals surface area contributed by atoms with Crippen molar-refractivity contribution in [2.75, 3.05) is 13.7 Å². The van der Waals surface area contributed by atoms with E-state index in [1.165, 1.54) is 19.2 Å². The first-order valence-corrected chi connectivity index (χ1v) is 5.67. The minimum Gasteiger partial charge on any atom is -0.493 e. The first kappa shape index (κ1) is 13.2. The molecule has 0 radical (unpaired) electrons. The average molecular weight is 295 g/mol. The number of alkyl halides is 2. The lowest BCUT2D eigenvalue weighted by molar-refractivity contribution is 0.150. The van der Waals surface area contributed by atoms with Gasteiger partial charge in [0, 0.05) is 5.56 Å². The molecule has 16 heavy (non-hydrogen) atoms. The first-order valence-electron chi connectivity index (χ1n) is 4.88. The van der Waals surface area contributed by atoms with E-state index < -0.39 is 6.43 Å².